The Morgan fingerprint density at radius 2 is 2.14 bits per heavy atom. The van der Waals surface area contributed by atoms with Crippen LogP contribution in [0.15, 0.2) is 29.8 Å². The van der Waals surface area contributed by atoms with Crippen LogP contribution in [0.4, 0.5) is 11.4 Å². The second-order valence-corrected chi connectivity index (χ2v) is 3.73. The lowest BCUT2D eigenvalue weighted by Gasteiger charge is -2.06. The molecular weight excluding hydrogens is 172 g/mol. The smallest absolute Gasteiger partial charge is 0.0346 e. The molecule has 0 spiro atoms. The molecule has 0 bridgehead atoms. The maximum atomic E-state index is 5.73. The first kappa shape index (κ1) is 10.6. The summed E-state index contributed by atoms with van der Waals surface area (Å²) in [4.78, 5) is 0. The Hall–Kier alpha value is -1.44. The van der Waals surface area contributed by atoms with Crippen molar-refractivity contribution in [1.29, 1.82) is 0 Å². The number of nitrogen functional groups attached to an aromatic ring is 1. The highest BCUT2D eigenvalue weighted by Crippen LogP contribution is 2.16. The number of allylic oxidation sites excluding steroid dienone is 1. The van der Waals surface area contributed by atoms with Crippen molar-refractivity contribution >= 4 is 11.4 Å². The van der Waals surface area contributed by atoms with Crippen molar-refractivity contribution in [3.63, 3.8) is 0 Å². The zero-order valence-corrected chi connectivity index (χ0v) is 9.09. The molecule has 0 amide bonds. The number of anilines is 2. The van der Waals surface area contributed by atoms with Crippen LogP contribution in [0.2, 0.25) is 0 Å². The quantitative estimate of drug-likeness (QED) is 0.568. The zero-order chi connectivity index (χ0) is 10.6. The lowest BCUT2D eigenvalue weighted by Crippen LogP contribution is -1.99. The molecule has 0 fully saturated rings. The molecule has 2 heteroatoms. The minimum Gasteiger partial charge on any atom is -0.399 e. The molecule has 3 N–H and O–H groups in total. The van der Waals surface area contributed by atoms with Gasteiger partial charge in [-0.1, -0.05) is 11.6 Å². The predicted molar refractivity (Wildman–Crippen MR) is 63.5 cm³/mol. The molecule has 1 rings (SSSR count). The molecule has 0 aliphatic carbocycles. The molecule has 1 aromatic rings. The third-order valence-corrected chi connectivity index (χ3v) is 2.09. The molecule has 0 saturated carbocycles. The van der Waals surface area contributed by atoms with E-state index in [1.54, 1.807) is 0 Å². The summed E-state index contributed by atoms with van der Waals surface area (Å²) >= 11 is 0. The van der Waals surface area contributed by atoms with Crippen molar-refractivity contribution in [2.45, 2.75) is 20.8 Å². The summed E-state index contributed by atoms with van der Waals surface area (Å²) in [5, 5.41) is 3.31. The number of nitrogens with one attached hydrogen (secondary N) is 1. The van der Waals surface area contributed by atoms with E-state index in [2.05, 4.69) is 31.3 Å². The van der Waals surface area contributed by atoms with E-state index in [1.807, 2.05) is 19.1 Å². The third-order valence-electron chi connectivity index (χ3n) is 2.09. The first-order chi connectivity index (χ1) is 6.59. The fraction of sp³-hybridized carbons (Fsp3) is 0.333. The standard InChI is InChI=1S/C12H18N2/c1-9(2)6-7-14-11-4-5-12(13)10(3)8-11/h4-6,8,14H,7,13H2,1-3H3. The van der Waals surface area contributed by atoms with Crippen LogP contribution in [0, 0.1) is 6.92 Å². The van der Waals surface area contributed by atoms with Crippen LogP contribution >= 0.6 is 0 Å². The SMILES string of the molecule is CC(C)=CCNc1ccc(N)c(C)c1. The predicted octanol–water partition coefficient (Wildman–Crippen LogP) is 2.96. The van der Waals surface area contributed by atoms with Gasteiger partial charge in [0.15, 0.2) is 0 Å². The molecule has 76 valence electrons. The Morgan fingerprint density at radius 1 is 1.43 bits per heavy atom. The molecule has 0 aliphatic rings. The molecule has 0 heterocycles. The Morgan fingerprint density at radius 3 is 2.71 bits per heavy atom. The summed E-state index contributed by atoms with van der Waals surface area (Å²) < 4.78 is 0. The molecular formula is C12H18N2. The number of rotatable bonds is 3. The van der Waals surface area contributed by atoms with Gasteiger partial charge < -0.3 is 11.1 Å². The van der Waals surface area contributed by atoms with E-state index in [4.69, 9.17) is 5.73 Å². The summed E-state index contributed by atoms with van der Waals surface area (Å²) in [6.07, 6.45) is 2.16. The van der Waals surface area contributed by atoms with E-state index in [-0.39, 0.29) is 0 Å². The van der Waals surface area contributed by atoms with E-state index in [0.29, 0.717) is 0 Å². The Bertz CT molecular complexity index is 336. The van der Waals surface area contributed by atoms with Crippen LogP contribution < -0.4 is 11.1 Å². The lowest BCUT2D eigenvalue weighted by atomic mass is 10.2. The minimum absolute atomic E-state index is 0.845. The maximum absolute atomic E-state index is 5.73. The van der Waals surface area contributed by atoms with Crippen molar-refractivity contribution < 1.29 is 0 Å². The minimum atomic E-state index is 0.845. The third kappa shape index (κ3) is 3.13. The van der Waals surface area contributed by atoms with Gasteiger partial charge in [-0.05, 0) is 44.5 Å². The summed E-state index contributed by atoms with van der Waals surface area (Å²) in [5.74, 6) is 0. The molecule has 0 saturated heterocycles. The van der Waals surface area contributed by atoms with Gasteiger partial charge in [-0.15, -0.1) is 0 Å². The van der Waals surface area contributed by atoms with Crippen LogP contribution in [0.1, 0.15) is 19.4 Å². The number of benzene rings is 1. The zero-order valence-electron chi connectivity index (χ0n) is 9.09. The van der Waals surface area contributed by atoms with E-state index < -0.39 is 0 Å². The van der Waals surface area contributed by atoms with Crippen LogP contribution in [-0.2, 0) is 0 Å². The lowest BCUT2D eigenvalue weighted by molar-refractivity contribution is 1.26. The second kappa shape index (κ2) is 4.70. The van der Waals surface area contributed by atoms with E-state index in [1.165, 1.54) is 5.57 Å². The van der Waals surface area contributed by atoms with Crippen LogP contribution in [0.25, 0.3) is 0 Å². The molecule has 0 aliphatic heterocycles. The van der Waals surface area contributed by atoms with Gasteiger partial charge in [-0.3, -0.25) is 0 Å². The molecule has 0 aromatic heterocycles. The van der Waals surface area contributed by atoms with Crippen molar-refractivity contribution in [2.75, 3.05) is 17.6 Å². The normalized spacial score (nSPS) is 9.64. The Kier molecular flexibility index (Phi) is 3.57. The van der Waals surface area contributed by atoms with Gasteiger partial charge >= 0.3 is 0 Å². The number of hydrogen-bond acceptors (Lipinski definition) is 2. The summed E-state index contributed by atoms with van der Waals surface area (Å²) in [6, 6.07) is 6.00. The molecule has 1 aromatic carbocycles. The fourth-order valence-corrected chi connectivity index (χ4v) is 1.16. The van der Waals surface area contributed by atoms with Gasteiger partial charge in [0.05, 0.1) is 0 Å². The Labute approximate surface area is 85.8 Å². The van der Waals surface area contributed by atoms with Crippen LogP contribution in [0.5, 0.6) is 0 Å². The number of nitrogens with two attached hydrogens (primary N) is 1. The fourth-order valence-electron chi connectivity index (χ4n) is 1.16. The van der Waals surface area contributed by atoms with Gasteiger partial charge in [0.1, 0.15) is 0 Å². The highest BCUT2D eigenvalue weighted by molar-refractivity contribution is 5.56. The average molecular weight is 190 g/mol. The number of hydrogen-bond donors (Lipinski definition) is 2. The van der Waals surface area contributed by atoms with Crippen molar-refractivity contribution in [3.8, 4) is 0 Å². The van der Waals surface area contributed by atoms with Crippen LogP contribution in [-0.4, -0.2) is 6.54 Å². The van der Waals surface area contributed by atoms with Gasteiger partial charge in [-0.2, -0.15) is 0 Å². The number of aryl methyl sites for hydroxylation is 1. The van der Waals surface area contributed by atoms with Gasteiger partial charge in [0, 0.05) is 17.9 Å². The van der Waals surface area contributed by atoms with E-state index in [9.17, 15) is 0 Å². The highest BCUT2D eigenvalue weighted by atomic mass is 14.9. The summed E-state index contributed by atoms with van der Waals surface area (Å²) in [5.41, 5.74) is 10.1. The maximum Gasteiger partial charge on any atom is 0.0346 e. The summed E-state index contributed by atoms with van der Waals surface area (Å²) in [6.45, 7) is 7.07. The van der Waals surface area contributed by atoms with Crippen LogP contribution in [0.3, 0.4) is 0 Å². The molecule has 14 heavy (non-hydrogen) atoms. The second-order valence-electron chi connectivity index (χ2n) is 3.73. The van der Waals surface area contributed by atoms with Crippen molar-refractivity contribution in [1.82, 2.24) is 0 Å². The molecule has 2 nitrogen and oxygen atoms in total. The van der Waals surface area contributed by atoms with Gasteiger partial charge in [0.2, 0.25) is 0 Å². The molecule has 0 radical (unpaired) electrons. The first-order valence-corrected chi connectivity index (χ1v) is 4.83. The van der Waals surface area contributed by atoms with Gasteiger partial charge in [0.25, 0.3) is 0 Å². The Balaban J connectivity index is 2.60. The van der Waals surface area contributed by atoms with E-state index in [0.717, 1.165) is 23.5 Å². The monoisotopic (exact) mass is 190 g/mol. The first-order valence-electron chi connectivity index (χ1n) is 4.83. The largest absolute Gasteiger partial charge is 0.399 e. The highest BCUT2D eigenvalue weighted by Gasteiger charge is 1.94. The van der Waals surface area contributed by atoms with Crippen molar-refractivity contribution in [3.05, 3.63) is 35.4 Å². The molecule has 0 unspecified atom stereocenters. The molecule has 0 atom stereocenters. The summed E-state index contributed by atoms with van der Waals surface area (Å²) in [7, 11) is 0. The van der Waals surface area contributed by atoms with E-state index >= 15 is 0 Å². The topological polar surface area (TPSA) is 38.0 Å². The van der Waals surface area contributed by atoms with Crippen molar-refractivity contribution in [2.24, 2.45) is 0 Å². The average Bonchev–Trinajstić information content (AvgIpc) is 2.10. The van der Waals surface area contributed by atoms with Gasteiger partial charge in [-0.25, -0.2) is 0 Å².